The molecule has 2 aromatic heterocycles. The average Bonchev–Trinajstić information content (AvgIpc) is 3.52. The maximum absolute atomic E-state index is 13.4. The Morgan fingerprint density at radius 3 is 2.62 bits per heavy atom. The van der Waals surface area contributed by atoms with Gasteiger partial charge in [-0.2, -0.15) is 4.98 Å². The highest BCUT2D eigenvalue weighted by atomic mass is 35.5. The van der Waals surface area contributed by atoms with Crippen molar-refractivity contribution >= 4 is 28.7 Å². The van der Waals surface area contributed by atoms with Crippen LogP contribution in [0, 0.1) is 0 Å². The molecule has 2 aliphatic rings. The second kappa shape index (κ2) is 8.97. The molecule has 0 bridgehead atoms. The Morgan fingerprint density at radius 2 is 1.94 bits per heavy atom. The fraction of sp³-hybridized carbons (Fsp3) is 0.500. The van der Waals surface area contributed by atoms with Crippen molar-refractivity contribution in [1.82, 2.24) is 18.7 Å². The number of halogens is 1. The van der Waals surface area contributed by atoms with Crippen LogP contribution >= 0.6 is 11.6 Å². The monoisotopic (exact) mass is 491 g/mol. The number of nitrogens with zero attached hydrogens (tertiary/aromatic N) is 4. The first-order chi connectivity index (χ1) is 16.4. The minimum Gasteiger partial charge on any atom is -0.454 e. The Hall–Kier alpha value is -3.02. The number of hydrogen-bond donors (Lipinski definition) is 3. The Labute approximate surface area is 199 Å². The standard InChI is InChI=1S/C22H26ClN5O6/c1-2-26-20(31)18-19(27(6-7-29)22(26)32)25-21(24-14-4-3-5-15(14)30)28(18)10-12-8-16-17(9-13(12)23)34-11-33-16/h8-9,14-15,29-30H,2-7,10-11H2,1H3,(H,24,25)/t14-,15-/m1/s1. The van der Waals surface area contributed by atoms with Crippen molar-refractivity contribution in [3.63, 3.8) is 0 Å². The largest absolute Gasteiger partial charge is 0.454 e. The SMILES string of the molecule is CCn1c(=O)c2c(nc(N[C@@H]3CCC[C@H]3O)n2Cc2cc3c(cc2Cl)OCO3)n(CCO)c1=O. The van der Waals surface area contributed by atoms with Crippen LogP contribution in [-0.2, 0) is 19.6 Å². The zero-order chi connectivity index (χ0) is 24.0. The van der Waals surface area contributed by atoms with Crippen LogP contribution in [-0.4, -0.2) is 54.4 Å². The van der Waals surface area contributed by atoms with E-state index >= 15 is 0 Å². The van der Waals surface area contributed by atoms with Crippen molar-refractivity contribution in [2.75, 3.05) is 18.7 Å². The number of anilines is 1. The van der Waals surface area contributed by atoms with Gasteiger partial charge in [-0.3, -0.25) is 18.5 Å². The minimum atomic E-state index is -0.547. The first kappa shape index (κ1) is 22.8. The first-order valence-electron chi connectivity index (χ1n) is 11.3. The molecule has 5 rings (SSSR count). The Balaban J connectivity index is 1.72. The number of nitrogens with one attached hydrogen (secondary N) is 1. The number of hydrogen-bond acceptors (Lipinski definition) is 8. The van der Waals surface area contributed by atoms with E-state index in [4.69, 9.17) is 21.1 Å². The van der Waals surface area contributed by atoms with Crippen LogP contribution in [0.4, 0.5) is 5.95 Å². The van der Waals surface area contributed by atoms with Crippen LogP contribution in [0.15, 0.2) is 21.7 Å². The lowest BCUT2D eigenvalue weighted by Gasteiger charge is -2.18. The van der Waals surface area contributed by atoms with Crippen molar-refractivity contribution in [3.8, 4) is 11.5 Å². The van der Waals surface area contributed by atoms with Crippen molar-refractivity contribution < 1.29 is 19.7 Å². The number of fused-ring (bicyclic) bond motifs is 2. The topological polar surface area (TPSA) is 133 Å². The lowest BCUT2D eigenvalue weighted by Crippen LogP contribution is -2.40. The highest BCUT2D eigenvalue weighted by molar-refractivity contribution is 6.31. The summed E-state index contributed by atoms with van der Waals surface area (Å²) in [5.41, 5.74) is 0.0233. The fourth-order valence-electron chi connectivity index (χ4n) is 4.66. The molecule has 12 heteroatoms. The number of aromatic nitrogens is 4. The van der Waals surface area contributed by atoms with Gasteiger partial charge in [0.05, 0.1) is 31.8 Å². The molecule has 3 N–H and O–H groups in total. The second-order valence-corrected chi connectivity index (χ2v) is 8.85. The molecule has 1 aliphatic carbocycles. The van der Waals surface area contributed by atoms with E-state index < -0.39 is 17.4 Å². The van der Waals surface area contributed by atoms with E-state index in [1.54, 1.807) is 23.6 Å². The van der Waals surface area contributed by atoms with Gasteiger partial charge >= 0.3 is 5.69 Å². The van der Waals surface area contributed by atoms with E-state index in [1.807, 2.05) is 0 Å². The predicted molar refractivity (Wildman–Crippen MR) is 125 cm³/mol. The molecule has 182 valence electrons. The van der Waals surface area contributed by atoms with Crippen molar-refractivity contribution in [3.05, 3.63) is 43.6 Å². The normalized spacial score (nSPS) is 19.3. The van der Waals surface area contributed by atoms with Gasteiger partial charge in [0.1, 0.15) is 0 Å². The molecule has 1 saturated carbocycles. The molecule has 11 nitrogen and oxygen atoms in total. The van der Waals surface area contributed by atoms with E-state index in [0.717, 1.165) is 17.4 Å². The maximum atomic E-state index is 13.4. The van der Waals surface area contributed by atoms with Gasteiger partial charge in [-0.05, 0) is 37.8 Å². The molecule has 0 spiro atoms. The summed E-state index contributed by atoms with van der Waals surface area (Å²) in [6.45, 7) is 1.84. The van der Waals surface area contributed by atoms with Gasteiger partial charge in [-0.25, -0.2) is 4.79 Å². The molecule has 0 saturated heterocycles. The van der Waals surface area contributed by atoms with Gasteiger partial charge in [0, 0.05) is 17.6 Å². The third-order valence-electron chi connectivity index (χ3n) is 6.42. The quantitative estimate of drug-likeness (QED) is 0.448. The number of aliphatic hydroxyl groups excluding tert-OH is 2. The minimum absolute atomic E-state index is 0.0110. The van der Waals surface area contributed by atoms with E-state index in [1.165, 1.54) is 4.57 Å². The summed E-state index contributed by atoms with van der Waals surface area (Å²) in [7, 11) is 0. The highest BCUT2D eigenvalue weighted by Crippen LogP contribution is 2.37. The number of benzene rings is 1. The molecule has 0 unspecified atom stereocenters. The van der Waals surface area contributed by atoms with Gasteiger partial charge in [0.2, 0.25) is 12.7 Å². The molecule has 2 atom stereocenters. The third kappa shape index (κ3) is 3.73. The molecule has 0 radical (unpaired) electrons. The lowest BCUT2D eigenvalue weighted by molar-refractivity contribution is 0.171. The summed E-state index contributed by atoms with van der Waals surface area (Å²) in [5.74, 6) is 1.43. The van der Waals surface area contributed by atoms with Gasteiger partial charge in [0.25, 0.3) is 5.56 Å². The third-order valence-corrected chi connectivity index (χ3v) is 6.77. The van der Waals surface area contributed by atoms with E-state index in [-0.39, 0.29) is 50.2 Å². The zero-order valence-electron chi connectivity index (χ0n) is 18.7. The first-order valence-corrected chi connectivity index (χ1v) is 11.7. The number of rotatable bonds is 7. The van der Waals surface area contributed by atoms with Gasteiger partial charge in [-0.1, -0.05) is 11.6 Å². The highest BCUT2D eigenvalue weighted by Gasteiger charge is 2.29. The van der Waals surface area contributed by atoms with E-state index in [9.17, 15) is 19.8 Å². The summed E-state index contributed by atoms with van der Waals surface area (Å²) in [4.78, 5) is 30.9. The van der Waals surface area contributed by atoms with Crippen LogP contribution in [0.1, 0.15) is 31.7 Å². The summed E-state index contributed by atoms with van der Waals surface area (Å²) in [6, 6.07) is 3.18. The molecule has 3 heterocycles. The van der Waals surface area contributed by atoms with E-state index in [2.05, 4.69) is 10.3 Å². The van der Waals surface area contributed by atoms with Crippen LogP contribution < -0.4 is 26.0 Å². The zero-order valence-corrected chi connectivity index (χ0v) is 19.4. The van der Waals surface area contributed by atoms with Crippen LogP contribution in [0.2, 0.25) is 5.02 Å². The molecule has 34 heavy (non-hydrogen) atoms. The summed E-state index contributed by atoms with van der Waals surface area (Å²) < 4.78 is 15.0. The Morgan fingerprint density at radius 1 is 1.18 bits per heavy atom. The molecule has 0 amide bonds. The number of aliphatic hydroxyl groups is 2. The smallest absolute Gasteiger partial charge is 0.332 e. The van der Waals surface area contributed by atoms with Crippen LogP contribution in [0.25, 0.3) is 11.2 Å². The van der Waals surface area contributed by atoms with Crippen molar-refractivity contribution in [2.24, 2.45) is 0 Å². The molecule has 1 fully saturated rings. The van der Waals surface area contributed by atoms with Crippen molar-refractivity contribution in [2.45, 2.75) is 58.0 Å². The Bertz CT molecular complexity index is 1360. The van der Waals surface area contributed by atoms with E-state index in [0.29, 0.717) is 34.5 Å². The summed E-state index contributed by atoms with van der Waals surface area (Å²) >= 11 is 6.53. The van der Waals surface area contributed by atoms with Crippen molar-refractivity contribution in [1.29, 1.82) is 0 Å². The molecular formula is C22H26ClN5O6. The molecule has 1 aliphatic heterocycles. The van der Waals surface area contributed by atoms with Gasteiger partial charge in [0.15, 0.2) is 22.7 Å². The lowest BCUT2D eigenvalue weighted by atomic mass is 10.2. The maximum Gasteiger partial charge on any atom is 0.332 e. The number of ether oxygens (including phenoxy) is 2. The summed E-state index contributed by atoms with van der Waals surface area (Å²) in [6.07, 6.45) is 1.74. The fourth-order valence-corrected chi connectivity index (χ4v) is 4.87. The Kier molecular flexibility index (Phi) is 6.00. The molecular weight excluding hydrogens is 466 g/mol. The summed E-state index contributed by atoms with van der Waals surface area (Å²) in [5, 5.41) is 23.6. The van der Waals surface area contributed by atoms with Crippen LogP contribution in [0.3, 0.4) is 0 Å². The second-order valence-electron chi connectivity index (χ2n) is 8.45. The van der Waals surface area contributed by atoms with Gasteiger partial charge in [-0.15, -0.1) is 0 Å². The predicted octanol–water partition coefficient (Wildman–Crippen LogP) is 1.13. The molecule has 1 aromatic carbocycles. The average molecular weight is 492 g/mol. The molecule has 3 aromatic rings. The van der Waals surface area contributed by atoms with Crippen LogP contribution in [0.5, 0.6) is 11.5 Å². The number of imidazole rings is 1. The van der Waals surface area contributed by atoms with Gasteiger partial charge < -0.3 is 25.0 Å².